The van der Waals surface area contributed by atoms with Gasteiger partial charge in [-0.1, -0.05) is 42.5 Å². The van der Waals surface area contributed by atoms with Crippen LogP contribution in [0.5, 0.6) is 5.75 Å². The number of ether oxygens (including phenoxy) is 2. The number of hydrogen-bond donors (Lipinski definition) is 2. The Labute approximate surface area is 245 Å². The lowest BCUT2D eigenvalue weighted by Gasteiger charge is -2.27. The van der Waals surface area contributed by atoms with Gasteiger partial charge in [-0.15, -0.1) is 0 Å². The van der Waals surface area contributed by atoms with Crippen LogP contribution in [-0.2, 0) is 16.0 Å². The molecule has 0 fully saturated rings. The summed E-state index contributed by atoms with van der Waals surface area (Å²) in [7, 11) is 0. The van der Waals surface area contributed by atoms with Crippen LogP contribution in [0.2, 0.25) is 0 Å². The molecule has 0 unspecified atom stereocenters. The largest absolute Gasteiger partial charge is 0.483 e. The quantitative estimate of drug-likeness (QED) is 0.248. The van der Waals surface area contributed by atoms with Crippen LogP contribution >= 0.6 is 0 Å². The normalized spacial score (nSPS) is 10.9. The van der Waals surface area contributed by atoms with Gasteiger partial charge in [-0.3, -0.25) is 19.5 Å². The zero-order valence-electron chi connectivity index (χ0n) is 23.9. The number of nitrogens with zero attached hydrogens (tertiary/aromatic N) is 2. The third kappa shape index (κ3) is 8.17. The second-order valence-corrected chi connectivity index (χ2v) is 10.5. The van der Waals surface area contributed by atoms with Crippen molar-refractivity contribution < 1.29 is 23.9 Å². The van der Waals surface area contributed by atoms with E-state index in [2.05, 4.69) is 10.3 Å². The summed E-state index contributed by atoms with van der Waals surface area (Å²) in [6, 6.07) is 26.9. The van der Waals surface area contributed by atoms with E-state index >= 15 is 0 Å². The van der Waals surface area contributed by atoms with Gasteiger partial charge in [-0.2, -0.15) is 0 Å². The zero-order chi connectivity index (χ0) is 30.1. The standard InChI is InChI=1S/C33H34N4O5/c1-33(2,3)42-32(40)37(21-19-23-10-8-9-20-35-23)25-17-15-24(16-18-25)36-31(39)28-13-5-4-11-26(28)27-12-6-7-14-29(27)41-22-30(34)38/h4-18,20H,19,21-22H2,1-3H3,(H2,34,38)(H,36,39). The molecule has 0 spiro atoms. The third-order valence-corrected chi connectivity index (χ3v) is 6.09. The van der Waals surface area contributed by atoms with E-state index in [1.54, 1.807) is 59.6 Å². The van der Waals surface area contributed by atoms with Gasteiger partial charge in [-0.05, 0) is 74.9 Å². The summed E-state index contributed by atoms with van der Waals surface area (Å²) in [6.07, 6.45) is 1.79. The fourth-order valence-electron chi connectivity index (χ4n) is 4.22. The number of pyridine rings is 1. The summed E-state index contributed by atoms with van der Waals surface area (Å²) >= 11 is 0. The zero-order valence-corrected chi connectivity index (χ0v) is 23.9. The molecule has 0 atom stereocenters. The number of hydrogen-bond acceptors (Lipinski definition) is 6. The van der Waals surface area contributed by atoms with Gasteiger partial charge >= 0.3 is 6.09 Å². The second kappa shape index (κ2) is 13.5. The lowest BCUT2D eigenvalue weighted by molar-refractivity contribution is -0.119. The Morgan fingerprint density at radius 3 is 2.19 bits per heavy atom. The number of anilines is 2. The Balaban J connectivity index is 1.54. The fraction of sp³-hybridized carbons (Fsp3) is 0.212. The first-order valence-electron chi connectivity index (χ1n) is 13.5. The summed E-state index contributed by atoms with van der Waals surface area (Å²) in [6.45, 7) is 5.55. The highest BCUT2D eigenvalue weighted by Gasteiger charge is 2.24. The van der Waals surface area contributed by atoms with E-state index in [0.717, 1.165) is 5.69 Å². The molecular weight excluding hydrogens is 532 g/mol. The molecular formula is C33H34N4O5. The average molecular weight is 567 g/mol. The fourth-order valence-corrected chi connectivity index (χ4v) is 4.22. The molecule has 0 aliphatic heterocycles. The van der Waals surface area contributed by atoms with Crippen LogP contribution in [0.25, 0.3) is 11.1 Å². The maximum Gasteiger partial charge on any atom is 0.414 e. The van der Waals surface area contributed by atoms with E-state index in [0.29, 0.717) is 46.8 Å². The first-order valence-corrected chi connectivity index (χ1v) is 13.5. The average Bonchev–Trinajstić information content (AvgIpc) is 2.97. The number of rotatable bonds is 10. The molecule has 42 heavy (non-hydrogen) atoms. The Morgan fingerprint density at radius 2 is 1.52 bits per heavy atom. The minimum Gasteiger partial charge on any atom is -0.483 e. The van der Waals surface area contributed by atoms with Gasteiger partial charge in [-0.25, -0.2) is 4.79 Å². The minimum atomic E-state index is -0.662. The van der Waals surface area contributed by atoms with Gasteiger partial charge in [0.2, 0.25) is 0 Å². The molecule has 3 aromatic carbocycles. The smallest absolute Gasteiger partial charge is 0.414 e. The molecule has 0 bridgehead atoms. The third-order valence-electron chi connectivity index (χ3n) is 6.09. The number of para-hydroxylation sites is 1. The van der Waals surface area contributed by atoms with Crippen LogP contribution in [0, 0.1) is 0 Å². The van der Waals surface area contributed by atoms with Crippen LogP contribution in [0.3, 0.4) is 0 Å². The minimum absolute atomic E-state index is 0.278. The van der Waals surface area contributed by atoms with E-state index in [9.17, 15) is 14.4 Å². The molecule has 0 aliphatic carbocycles. The van der Waals surface area contributed by atoms with E-state index in [1.165, 1.54) is 0 Å². The Hall–Kier alpha value is -5.18. The molecule has 0 aliphatic rings. The number of aromatic nitrogens is 1. The van der Waals surface area contributed by atoms with Gasteiger partial charge in [0.15, 0.2) is 6.61 Å². The van der Waals surface area contributed by atoms with Gasteiger partial charge in [0, 0.05) is 47.4 Å². The molecule has 3 amide bonds. The van der Waals surface area contributed by atoms with Crippen molar-refractivity contribution in [1.29, 1.82) is 0 Å². The number of carbonyl (C=O) groups excluding carboxylic acids is 3. The van der Waals surface area contributed by atoms with Crippen LogP contribution < -0.4 is 20.7 Å². The molecule has 4 aromatic rings. The van der Waals surface area contributed by atoms with E-state index < -0.39 is 17.6 Å². The first-order chi connectivity index (χ1) is 20.1. The summed E-state index contributed by atoms with van der Waals surface area (Å²) < 4.78 is 11.2. The topological polar surface area (TPSA) is 124 Å². The Kier molecular flexibility index (Phi) is 9.54. The maximum absolute atomic E-state index is 13.4. The van der Waals surface area contributed by atoms with Gasteiger partial charge < -0.3 is 20.5 Å². The number of primary amides is 1. The van der Waals surface area contributed by atoms with Crippen molar-refractivity contribution in [2.75, 3.05) is 23.4 Å². The SMILES string of the molecule is CC(C)(C)OC(=O)N(CCc1ccccn1)c1ccc(NC(=O)c2ccccc2-c2ccccc2OCC(N)=O)cc1. The van der Waals surface area contributed by atoms with Crippen LogP contribution in [0.4, 0.5) is 16.2 Å². The molecule has 3 N–H and O–H groups in total. The number of benzene rings is 3. The number of nitrogens with two attached hydrogens (primary N) is 1. The van der Waals surface area contributed by atoms with Crippen LogP contribution in [0.1, 0.15) is 36.8 Å². The predicted molar refractivity (Wildman–Crippen MR) is 162 cm³/mol. The summed E-state index contributed by atoms with van der Waals surface area (Å²) in [5.41, 5.74) is 8.32. The van der Waals surface area contributed by atoms with Crippen LogP contribution in [0.15, 0.2) is 97.2 Å². The number of nitrogens with one attached hydrogen (secondary N) is 1. The van der Waals surface area contributed by atoms with Crippen LogP contribution in [-0.4, -0.2) is 41.6 Å². The first kappa shape index (κ1) is 29.8. The van der Waals surface area contributed by atoms with Crippen molar-refractivity contribution in [3.05, 3.63) is 108 Å². The number of carbonyl (C=O) groups is 3. The highest BCUT2D eigenvalue weighted by Crippen LogP contribution is 2.33. The highest BCUT2D eigenvalue weighted by atomic mass is 16.6. The van der Waals surface area contributed by atoms with Crippen molar-refractivity contribution in [2.24, 2.45) is 5.73 Å². The molecule has 1 heterocycles. The lowest BCUT2D eigenvalue weighted by Crippen LogP contribution is -2.38. The molecule has 1 aromatic heterocycles. The van der Waals surface area contributed by atoms with Crippen molar-refractivity contribution in [1.82, 2.24) is 4.98 Å². The van der Waals surface area contributed by atoms with Crippen molar-refractivity contribution >= 4 is 29.3 Å². The monoisotopic (exact) mass is 566 g/mol. The summed E-state index contributed by atoms with van der Waals surface area (Å²) in [5.74, 6) is -0.489. The molecule has 0 saturated carbocycles. The van der Waals surface area contributed by atoms with Gasteiger partial charge in [0.1, 0.15) is 11.4 Å². The van der Waals surface area contributed by atoms with E-state index in [1.807, 2.05) is 63.2 Å². The van der Waals surface area contributed by atoms with E-state index in [4.69, 9.17) is 15.2 Å². The van der Waals surface area contributed by atoms with Gasteiger partial charge in [0.25, 0.3) is 11.8 Å². The summed E-state index contributed by atoms with van der Waals surface area (Å²) in [5, 5.41) is 2.93. The molecule has 216 valence electrons. The predicted octanol–water partition coefficient (Wildman–Crippen LogP) is 5.85. The molecule has 0 radical (unpaired) electrons. The van der Waals surface area contributed by atoms with Crippen molar-refractivity contribution in [3.63, 3.8) is 0 Å². The summed E-state index contributed by atoms with van der Waals surface area (Å²) in [4.78, 5) is 43.7. The molecule has 0 saturated heterocycles. The van der Waals surface area contributed by atoms with E-state index in [-0.39, 0.29) is 12.5 Å². The maximum atomic E-state index is 13.4. The molecule has 9 nitrogen and oxygen atoms in total. The Bertz CT molecular complexity index is 1530. The van der Waals surface area contributed by atoms with Crippen molar-refractivity contribution in [2.45, 2.75) is 32.8 Å². The molecule has 4 rings (SSSR count). The van der Waals surface area contributed by atoms with Gasteiger partial charge in [0.05, 0.1) is 0 Å². The second-order valence-electron chi connectivity index (χ2n) is 10.5. The Morgan fingerprint density at radius 1 is 0.857 bits per heavy atom. The molecule has 9 heteroatoms. The number of amides is 3. The highest BCUT2D eigenvalue weighted by molar-refractivity contribution is 6.09. The van der Waals surface area contributed by atoms with Crippen molar-refractivity contribution in [3.8, 4) is 16.9 Å². The lowest BCUT2D eigenvalue weighted by atomic mass is 9.98.